The zero-order chi connectivity index (χ0) is 13.4. The van der Waals surface area contributed by atoms with E-state index in [1.807, 2.05) is 0 Å². The first kappa shape index (κ1) is 14.0. The van der Waals surface area contributed by atoms with Crippen molar-refractivity contribution in [3.63, 3.8) is 0 Å². The molecule has 1 nitrogen and oxygen atoms in total. The second-order valence-corrected chi connectivity index (χ2v) is 3.85. The van der Waals surface area contributed by atoms with Crippen LogP contribution in [0, 0.1) is 0 Å². The predicted molar refractivity (Wildman–Crippen MR) is 52.0 cm³/mol. The van der Waals surface area contributed by atoms with Crippen LogP contribution >= 0.6 is 15.9 Å². The summed E-state index contributed by atoms with van der Waals surface area (Å²) in [7, 11) is 0. The first-order valence-corrected chi connectivity index (χ1v) is 4.82. The molecule has 0 spiro atoms. The van der Waals surface area contributed by atoms with E-state index < -0.39 is 29.2 Å². The smallest absolute Gasteiger partial charge is 0.236 e. The van der Waals surface area contributed by atoms with Crippen LogP contribution in [0.4, 0.5) is 26.3 Å². The molecule has 0 radical (unpaired) electrons. The summed E-state index contributed by atoms with van der Waals surface area (Å²) in [5.74, 6) is 0. The van der Waals surface area contributed by atoms with Crippen LogP contribution in [0.1, 0.15) is 11.3 Å². The molecule has 8 heteroatoms. The lowest BCUT2D eigenvalue weighted by Crippen LogP contribution is -2.13. The normalized spacial score (nSPS) is 12.6. The Morgan fingerprint density at radius 3 is 2.06 bits per heavy atom. The second-order valence-electron chi connectivity index (χ2n) is 3.04. The minimum Gasteiger partial charge on any atom is -0.236 e. The number of allylic oxidation sites excluding steroid dienone is 1. The van der Waals surface area contributed by atoms with Crippen molar-refractivity contribution in [2.45, 2.75) is 12.4 Å². The zero-order valence-corrected chi connectivity index (χ0v) is 9.54. The summed E-state index contributed by atoms with van der Waals surface area (Å²) in [6.07, 6.45) is -9.60. The van der Waals surface area contributed by atoms with E-state index in [2.05, 4.69) is 27.5 Å². The van der Waals surface area contributed by atoms with Crippen LogP contribution in [0.5, 0.6) is 0 Å². The van der Waals surface area contributed by atoms with Crippen molar-refractivity contribution in [1.29, 1.82) is 0 Å². The summed E-state index contributed by atoms with van der Waals surface area (Å²) in [4.78, 5) is 3.05. The average molecular weight is 320 g/mol. The van der Waals surface area contributed by atoms with Gasteiger partial charge >= 0.3 is 12.4 Å². The van der Waals surface area contributed by atoms with Crippen molar-refractivity contribution in [2.24, 2.45) is 0 Å². The largest absolute Gasteiger partial charge is 0.433 e. The Labute approximate surface area is 100 Å². The highest BCUT2D eigenvalue weighted by molar-refractivity contribution is 9.10. The molecule has 17 heavy (non-hydrogen) atoms. The van der Waals surface area contributed by atoms with E-state index in [1.54, 1.807) is 0 Å². The molecule has 0 aliphatic carbocycles. The second kappa shape index (κ2) is 4.32. The van der Waals surface area contributed by atoms with Gasteiger partial charge in [0.2, 0.25) is 0 Å². The third-order valence-electron chi connectivity index (χ3n) is 1.78. The molecule has 1 heterocycles. The maximum absolute atomic E-state index is 12.3. The van der Waals surface area contributed by atoms with Gasteiger partial charge in [-0.2, -0.15) is 26.3 Å². The van der Waals surface area contributed by atoms with Gasteiger partial charge in [-0.1, -0.05) is 6.58 Å². The van der Waals surface area contributed by atoms with E-state index in [-0.39, 0.29) is 4.60 Å². The Morgan fingerprint density at radius 2 is 1.65 bits per heavy atom. The number of nitrogens with zero attached hydrogens (tertiary/aromatic N) is 1. The summed E-state index contributed by atoms with van der Waals surface area (Å²) >= 11 is 2.62. The van der Waals surface area contributed by atoms with Crippen LogP contribution in [0.25, 0.3) is 5.57 Å². The fraction of sp³-hybridized carbons (Fsp3) is 0.222. The number of hydrogen-bond donors (Lipinski definition) is 0. The van der Waals surface area contributed by atoms with Gasteiger partial charge in [-0.25, -0.2) is 4.98 Å². The number of aromatic nitrogens is 1. The topological polar surface area (TPSA) is 12.9 Å². The Balaban J connectivity index is 3.29. The van der Waals surface area contributed by atoms with Crippen molar-refractivity contribution in [1.82, 2.24) is 4.98 Å². The van der Waals surface area contributed by atoms with Crippen LogP contribution in [-0.4, -0.2) is 11.2 Å². The molecule has 0 bridgehead atoms. The number of rotatable bonds is 1. The number of alkyl halides is 6. The third kappa shape index (κ3) is 3.45. The Morgan fingerprint density at radius 1 is 1.12 bits per heavy atom. The highest BCUT2D eigenvalue weighted by Gasteiger charge is 2.37. The molecule has 0 atom stereocenters. The summed E-state index contributed by atoms with van der Waals surface area (Å²) in [5.41, 5.74) is -3.44. The van der Waals surface area contributed by atoms with E-state index in [0.29, 0.717) is 6.07 Å². The van der Waals surface area contributed by atoms with Crippen LogP contribution < -0.4 is 0 Å². The molecular formula is C9H4BrF6N. The Kier molecular flexibility index (Phi) is 3.56. The maximum atomic E-state index is 12.3. The lowest BCUT2D eigenvalue weighted by atomic mass is 10.1. The summed E-state index contributed by atoms with van der Waals surface area (Å²) in [6.45, 7) is 2.72. The van der Waals surface area contributed by atoms with E-state index >= 15 is 0 Å². The number of halogens is 7. The standard InChI is InChI=1S/C9H4BrF6N/c1-4(8(11,12)13)5-2-6(9(14,15)16)17-7(10)3-5/h2-3H,1H2. The molecule has 1 rings (SSSR count). The van der Waals surface area contributed by atoms with Gasteiger partial charge in [-0.05, 0) is 33.6 Å². The Hall–Kier alpha value is -1.05. The zero-order valence-electron chi connectivity index (χ0n) is 7.95. The molecule has 0 N–H and O–H groups in total. The fourth-order valence-electron chi connectivity index (χ4n) is 0.980. The van der Waals surface area contributed by atoms with Gasteiger partial charge in [0.05, 0.1) is 5.57 Å². The van der Waals surface area contributed by atoms with E-state index in [1.165, 1.54) is 0 Å². The minimum absolute atomic E-state index is 0.306. The van der Waals surface area contributed by atoms with Crippen molar-refractivity contribution < 1.29 is 26.3 Å². The highest BCUT2D eigenvalue weighted by Crippen LogP contribution is 2.36. The van der Waals surface area contributed by atoms with Gasteiger partial charge in [0.1, 0.15) is 10.3 Å². The highest BCUT2D eigenvalue weighted by atomic mass is 79.9. The van der Waals surface area contributed by atoms with Gasteiger partial charge in [0.25, 0.3) is 0 Å². The molecule has 0 aromatic carbocycles. The summed E-state index contributed by atoms with van der Waals surface area (Å²) in [6, 6.07) is 1.13. The summed E-state index contributed by atoms with van der Waals surface area (Å²) < 4.78 is 73.4. The molecular weight excluding hydrogens is 316 g/mol. The lowest BCUT2D eigenvalue weighted by Gasteiger charge is -2.13. The predicted octanol–water partition coefficient (Wildman–Crippen LogP) is 4.44. The number of pyridine rings is 1. The molecule has 0 aliphatic heterocycles. The van der Waals surface area contributed by atoms with Crippen LogP contribution in [-0.2, 0) is 6.18 Å². The van der Waals surface area contributed by atoms with E-state index in [9.17, 15) is 26.3 Å². The minimum atomic E-state index is -4.82. The molecule has 0 saturated heterocycles. The molecule has 94 valence electrons. The maximum Gasteiger partial charge on any atom is 0.433 e. The molecule has 0 saturated carbocycles. The van der Waals surface area contributed by atoms with Gasteiger partial charge in [-0.15, -0.1) is 0 Å². The fourth-order valence-corrected chi connectivity index (χ4v) is 1.42. The van der Waals surface area contributed by atoms with Crippen LogP contribution in [0.3, 0.4) is 0 Å². The van der Waals surface area contributed by atoms with Crippen molar-refractivity contribution in [3.05, 3.63) is 34.6 Å². The molecule has 1 aromatic rings. The molecule has 0 amide bonds. The molecule has 0 aliphatic rings. The van der Waals surface area contributed by atoms with E-state index in [0.717, 1.165) is 6.07 Å². The number of hydrogen-bond acceptors (Lipinski definition) is 1. The lowest BCUT2D eigenvalue weighted by molar-refractivity contribution is -0.141. The molecule has 0 unspecified atom stereocenters. The van der Waals surface area contributed by atoms with Gasteiger partial charge < -0.3 is 0 Å². The third-order valence-corrected chi connectivity index (χ3v) is 2.18. The van der Waals surface area contributed by atoms with E-state index in [4.69, 9.17) is 0 Å². The van der Waals surface area contributed by atoms with Gasteiger partial charge in [0, 0.05) is 0 Å². The first-order chi connectivity index (χ1) is 7.51. The van der Waals surface area contributed by atoms with Crippen molar-refractivity contribution in [2.75, 3.05) is 0 Å². The van der Waals surface area contributed by atoms with Crippen LogP contribution in [0.15, 0.2) is 23.3 Å². The van der Waals surface area contributed by atoms with Crippen molar-refractivity contribution >= 4 is 21.5 Å². The average Bonchev–Trinajstić information content (AvgIpc) is 2.12. The van der Waals surface area contributed by atoms with Gasteiger partial charge in [-0.3, -0.25) is 0 Å². The molecule has 1 aromatic heterocycles. The summed E-state index contributed by atoms with van der Waals surface area (Å²) in [5, 5.41) is 0. The van der Waals surface area contributed by atoms with Gasteiger partial charge in [0.15, 0.2) is 0 Å². The quantitative estimate of drug-likeness (QED) is 0.551. The van der Waals surface area contributed by atoms with Crippen LogP contribution in [0.2, 0.25) is 0 Å². The molecule has 0 fully saturated rings. The first-order valence-electron chi connectivity index (χ1n) is 4.03. The van der Waals surface area contributed by atoms with Crippen molar-refractivity contribution in [3.8, 4) is 0 Å². The Bertz CT molecular complexity index is 448. The monoisotopic (exact) mass is 319 g/mol. The SMILES string of the molecule is C=C(c1cc(Br)nc(C(F)(F)F)c1)C(F)(F)F.